The number of nitrogens with one attached hydrogen (secondary N) is 3. The maximum absolute atomic E-state index is 12.3. The Morgan fingerprint density at radius 1 is 1.08 bits per heavy atom. The van der Waals surface area contributed by atoms with Gasteiger partial charge >= 0.3 is 5.97 Å². The maximum atomic E-state index is 12.3. The van der Waals surface area contributed by atoms with E-state index in [-0.39, 0.29) is 4.90 Å². The van der Waals surface area contributed by atoms with Gasteiger partial charge in [-0.05, 0) is 36.4 Å². The number of hydrogen-bond acceptors (Lipinski definition) is 6. The number of fused-ring (bicyclic) bond motifs is 1. The molecule has 130 valence electrons. The topological polar surface area (TPSA) is 114 Å². The molecule has 3 N–H and O–H groups in total. The van der Waals surface area contributed by atoms with Gasteiger partial charge in [-0.15, -0.1) is 0 Å². The molecule has 25 heavy (non-hydrogen) atoms. The first-order valence-corrected chi connectivity index (χ1v) is 8.76. The molecule has 0 fully saturated rings. The smallest absolute Gasteiger partial charge is 0.337 e. The van der Waals surface area contributed by atoms with Crippen LogP contribution in [0.5, 0.6) is 0 Å². The molecule has 0 aliphatic carbocycles. The van der Waals surface area contributed by atoms with Gasteiger partial charge < -0.3 is 15.4 Å². The summed E-state index contributed by atoms with van der Waals surface area (Å²) in [6.07, 6.45) is -1.15. The normalized spacial score (nSPS) is 17.7. The first-order chi connectivity index (χ1) is 11.9. The first kappa shape index (κ1) is 16.9. The first-order valence-electron chi connectivity index (χ1n) is 7.28. The van der Waals surface area contributed by atoms with Crippen molar-refractivity contribution >= 4 is 33.3 Å². The van der Waals surface area contributed by atoms with Crippen molar-refractivity contribution in [3.8, 4) is 0 Å². The lowest BCUT2D eigenvalue weighted by Gasteiger charge is -2.27. The Balaban J connectivity index is 1.75. The predicted molar refractivity (Wildman–Crippen MR) is 90.6 cm³/mol. The molecule has 3 rings (SSSR count). The molecule has 2 aromatic carbocycles. The van der Waals surface area contributed by atoms with Crippen molar-refractivity contribution in [2.75, 3.05) is 17.7 Å². The Labute approximate surface area is 144 Å². The lowest BCUT2D eigenvalue weighted by molar-refractivity contribution is -0.117. The Morgan fingerprint density at radius 3 is 2.44 bits per heavy atom. The van der Waals surface area contributed by atoms with Gasteiger partial charge in [0.2, 0.25) is 10.0 Å². The van der Waals surface area contributed by atoms with Crippen molar-refractivity contribution in [2.45, 2.75) is 11.1 Å². The number of amides is 1. The van der Waals surface area contributed by atoms with Crippen LogP contribution < -0.4 is 15.4 Å². The summed E-state index contributed by atoms with van der Waals surface area (Å²) in [6.45, 7) is 0. The van der Waals surface area contributed by atoms with Crippen LogP contribution in [0.15, 0.2) is 53.4 Å². The molecule has 8 nitrogen and oxygen atoms in total. The number of esters is 1. The molecular formula is C16H15N3O5S. The van der Waals surface area contributed by atoms with E-state index in [2.05, 4.69) is 20.1 Å². The number of methoxy groups -OCH3 is 1. The van der Waals surface area contributed by atoms with Gasteiger partial charge in [0, 0.05) is 5.69 Å². The van der Waals surface area contributed by atoms with Crippen LogP contribution in [0.25, 0.3) is 0 Å². The van der Waals surface area contributed by atoms with Gasteiger partial charge in [0.25, 0.3) is 5.91 Å². The average molecular weight is 361 g/mol. The van der Waals surface area contributed by atoms with E-state index in [1.807, 2.05) is 0 Å². The second-order valence-electron chi connectivity index (χ2n) is 5.25. The molecular weight excluding hydrogens is 346 g/mol. The summed E-state index contributed by atoms with van der Waals surface area (Å²) < 4.78 is 31.3. The summed E-state index contributed by atoms with van der Waals surface area (Å²) in [6, 6.07) is 12.3. The number of sulfonamides is 1. The number of benzene rings is 2. The number of rotatable bonds is 3. The highest BCUT2D eigenvalue weighted by Crippen LogP contribution is 2.25. The number of carbonyl (C=O) groups excluding carboxylic acids is 2. The van der Waals surface area contributed by atoms with Crippen molar-refractivity contribution in [3.05, 3.63) is 54.1 Å². The average Bonchev–Trinajstić information content (AvgIpc) is 2.61. The number of hydrogen-bond donors (Lipinski definition) is 3. The maximum Gasteiger partial charge on any atom is 0.337 e. The highest BCUT2D eigenvalue weighted by molar-refractivity contribution is 7.89. The number of ether oxygens (including phenoxy) is 1. The molecule has 0 radical (unpaired) electrons. The summed E-state index contributed by atoms with van der Waals surface area (Å²) in [5, 5.41) is 5.42. The van der Waals surface area contributed by atoms with Gasteiger partial charge in [0.15, 0.2) is 6.17 Å². The van der Waals surface area contributed by atoms with Crippen LogP contribution in [-0.2, 0) is 19.6 Å². The van der Waals surface area contributed by atoms with E-state index >= 15 is 0 Å². The monoisotopic (exact) mass is 361 g/mol. The second kappa shape index (κ2) is 6.54. The third-order valence-electron chi connectivity index (χ3n) is 3.59. The summed E-state index contributed by atoms with van der Waals surface area (Å²) >= 11 is 0. The van der Waals surface area contributed by atoms with Crippen LogP contribution in [-0.4, -0.2) is 33.6 Å². The Bertz CT molecular complexity index is 925. The van der Waals surface area contributed by atoms with Gasteiger partial charge in [-0.2, -0.15) is 4.72 Å². The SMILES string of the molecule is COC(=O)c1ccc(NC(=O)[C@H]2Nc3ccccc3S(=O)(=O)N2)cc1. The molecule has 0 saturated carbocycles. The third kappa shape index (κ3) is 3.47. The second-order valence-corrected chi connectivity index (χ2v) is 6.94. The fraction of sp³-hybridized carbons (Fsp3) is 0.125. The van der Waals surface area contributed by atoms with Crippen LogP contribution in [0.4, 0.5) is 11.4 Å². The standard InChI is InChI=1S/C16H15N3O5S/c1-24-16(21)10-6-8-11(9-7-10)17-15(20)14-18-12-4-2-3-5-13(12)25(22,23)19-14/h2-9,14,18-19H,1H3,(H,17,20)/t14-/m0/s1. The van der Waals surface area contributed by atoms with Crippen LogP contribution in [0.3, 0.4) is 0 Å². The summed E-state index contributed by atoms with van der Waals surface area (Å²) in [7, 11) is -2.51. The molecule has 1 aliphatic heterocycles. The Kier molecular flexibility index (Phi) is 4.43. The van der Waals surface area contributed by atoms with E-state index in [0.717, 1.165) is 0 Å². The van der Waals surface area contributed by atoms with Gasteiger partial charge in [-0.25, -0.2) is 13.2 Å². The number of anilines is 2. The van der Waals surface area contributed by atoms with Crippen LogP contribution in [0, 0.1) is 0 Å². The summed E-state index contributed by atoms with van der Waals surface area (Å²) in [5.41, 5.74) is 1.10. The summed E-state index contributed by atoms with van der Waals surface area (Å²) in [5.74, 6) is -1.07. The van der Waals surface area contributed by atoms with Gasteiger partial charge in [0.05, 0.1) is 18.4 Å². The van der Waals surface area contributed by atoms with Crippen molar-refractivity contribution in [3.63, 3.8) is 0 Å². The van der Waals surface area contributed by atoms with E-state index in [1.54, 1.807) is 18.2 Å². The quantitative estimate of drug-likeness (QED) is 0.707. The Hall–Kier alpha value is -2.91. The zero-order chi connectivity index (χ0) is 18.0. The van der Waals surface area contributed by atoms with Crippen LogP contribution >= 0.6 is 0 Å². The van der Waals surface area contributed by atoms with Crippen molar-refractivity contribution < 1.29 is 22.7 Å². The van der Waals surface area contributed by atoms with Gasteiger partial charge in [-0.1, -0.05) is 12.1 Å². The molecule has 0 aromatic heterocycles. The fourth-order valence-corrected chi connectivity index (χ4v) is 3.64. The van der Waals surface area contributed by atoms with E-state index < -0.39 is 28.1 Å². The highest BCUT2D eigenvalue weighted by Gasteiger charge is 2.32. The molecule has 9 heteroatoms. The molecule has 1 aliphatic rings. The number of para-hydroxylation sites is 1. The van der Waals surface area contributed by atoms with Crippen LogP contribution in [0.1, 0.15) is 10.4 Å². The zero-order valence-corrected chi connectivity index (χ0v) is 14.0. The van der Waals surface area contributed by atoms with E-state index in [0.29, 0.717) is 16.9 Å². The van der Waals surface area contributed by atoms with Crippen molar-refractivity contribution in [1.29, 1.82) is 0 Å². The third-order valence-corrected chi connectivity index (χ3v) is 5.07. The van der Waals surface area contributed by atoms with E-state index in [1.165, 1.54) is 37.4 Å². The lowest BCUT2D eigenvalue weighted by Crippen LogP contribution is -2.51. The molecule has 1 heterocycles. The highest BCUT2D eigenvalue weighted by atomic mass is 32.2. The minimum atomic E-state index is -3.78. The van der Waals surface area contributed by atoms with Crippen molar-refractivity contribution in [1.82, 2.24) is 4.72 Å². The van der Waals surface area contributed by atoms with Gasteiger partial charge in [-0.3, -0.25) is 4.79 Å². The largest absolute Gasteiger partial charge is 0.465 e. The molecule has 0 unspecified atom stereocenters. The molecule has 1 atom stereocenters. The molecule has 0 bridgehead atoms. The fourth-order valence-electron chi connectivity index (χ4n) is 2.36. The zero-order valence-electron chi connectivity index (χ0n) is 13.1. The van der Waals surface area contributed by atoms with Gasteiger partial charge in [0.1, 0.15) is 4.90 Å². The van der Waals surface area contributed by atoms with E-state index in [4.69, 9.17) is 0 Å². The predicted octanol–water partition coefficient (Wildman–Crippen LogP) is 1.14. The number of carbonyl (C=O) groups is 2. The molecule has 0 saturated heterocycles. The van der Waals surface area contributed by atoms with E-state index in [9.17, 15) is 18.0 Å². The lowest BCUT2D eigenvalue weighted by atomic mass is 10.2. The minimum Gasteiger partial charge on any atom is -0.465 e. The Morgan fingerprint density at radius 2 is 1.76 bits per heavy atom. The summed E-state index contributed by atoms with van der Waals surface area (Å²) in [4.78, 5) is 23.8. The molecule has 1 amide bonds. The molecule has 2 aromatic rings. The minimum absolute atomic E-state index is 0.0847. The van der Waals surface area contributed by atoms with Crippen LogP contribution in [0.2, 0.25) is 0 Å². The van der Waals surface area contributed by atoms with Crippen molar-refractivity contribution in [2.24, 2.45) is 0 Å². The molecule has 0 spiro atoms.